The Hall–Kier alpha value is -2.35. The maximum absolute atomic E-state index is 4.59. The Balaban J connectivity index is 1.36. The minimum atomic E-state index is 1.05. The van der Waals surface area contributed by atoms with Crippen molar-refractivity contribution in [1.29, 1.82) is 0 Å². The zero-order valence-electron chi connectivity index (χ0n) is 17.9. The largest absolute Gasteiger partial charge is 0.299 e. The second-order valence-electron chi connectivity index (χ2n) is 8.45. The maximum Gasteiger partial charge on any atom is 0.145 e. The van der Waals surface area contributed by atoms with Crippen LogP contribution in [0.15, 0.2) is 54.9 Å². The van der Waals surface area contributed by atoms with E-state index in [0.29, 0.717) is 0 Å². The van der Waals surface area contributed by atoms with Crippen molar-refractivity contribution in [3.05, 3.63) is 60.4 Å². The van der Waals surface area contributed by atoms with Crippen LogP contribution in [0.1, 0.15) is 76.7 Å². The van der Waals surface area contributed by atoms with Crippen LogP contribution in [-0.4, -0.2) is 9.38 Å². The molecule has 0 amide bonds. The average Bonchev–Trinajstić information content (AvgIpc) is 3.25. The number of rotatable bonds is 11. The van der Waals surface area contributed by atoms with Gasteiger partial charge in [0.2, 0.25) is 0 Å². The third-order valence-electron chi connectivity index (χ3n) is 6.24. The highest BCUT2D eigenvalue weighted by molar-refractivity contribution is 6.11. The molecule has 4 aromatic rings. The second-order valence-corrected chi connectivity index (χ2v) is 8.45. The number of aryl methyl sites for hydroxylation is 1. The maximum atomic E-state index is 4.59. The number of pyridine rings is 1. The van der Waals surface area contributed by atoms with Crippen LogP contribution in [0.5, 0.6) is 0 Å². The molecule has 0 aliphatic heterocycles. The van der Waals surface area contributed by atoms with Gasteiger partial charge in [-0.05, 0) is 35.9 Å². The smallest absolute Gasteiger partial charge is 0.145 e. The molecule has 0 bridgehead atoms. The molecule has 2 aromatic carbocycles. The number of hydrogen-bond acceptors (Lipinski definition) is 1. The lowest BCUT2D eigenvalue weighted by Gasteiger charge is -2.10. The Labute approximate surface area is 175 Å². The van der Waals surface area contributed by atoms with Crippen LogP contribution in [0.2, 0.25) is 0 Å². The molecule has 0 radical (unpaired) electrons. The van der Waals surface area contributed by atoms with E-state index in [1.165, 1.54) is 97.9 Å². The SMILES string of the molecule is CCCCCCCCCCCCc1ccc2c(c1)c1ccccc1c1nccn21. The Kier molecular flexibility index (Phi) is 6.82. The lowest BCUT2D eigenvalue weighted by Crippen LogP contribution is -1.93. The number of benzene rings is 2. The molecule has 0 aliphatic rings. The summed E-state index contributed by atoms with van der Waals surface area (Å²) in [6.07, 6.45) is 19.1. The van der Waals surface area contributed by atoms with E-state index in [2.05, 4.69) is 65.0 Å². The zero-order valence-corrected chi connectivity index (χ0v) is 17.9. The standard InChI is InChI=1S/C27H34N2/c1-2-3-4-5-6-7-8-9-10-11-14-22-17-18-26-25(21-22)23-15-12-13-16-24(23)27-28-19-20-29(26)27/h12-13,15-21H,2-11,14H2,1H3. The molecule has 0 N–H and O–H groups in total. The topological polar surface area (TPSA) is 17.3 Å². The van der Waals surface area contributed by atoms with E-state index < -0.39 is 0 Å². The third-order valence-corrected chi connectivity index (χ3v) is 6.24. The molecule has 2 nitrogen and oxygen atoms in total. The predicted octanol–water partition coefficient (Wildman–Crippen LogP) is 8.10. The Bertz CT molecular complexity index is 1060. The van der Waals surface area contributed by atoms with Crippen molar-refractivity contribution in [1.82, 2.24) is 9.38 Å². The van der Waals surface area contributed by atoms with Gasteiger partial charge >= 0.3 is 0 Å². The molecule has 152 valence electrons. The Morgan fingerprint density at radius 2 is 1.41 bits per heavy atom. The van der Waals surface area contributed by atoms with Gasteiger partial charge < -0.3 is 0 Å². The normalized spacial score (nSPS) is 11.8. The lowest BCUT2D eigenvalue weighted by molar-refractivity contribution is 0.556. The van der Waals surface area contributed by atoms with E-state index in [-0.39, 0.29) is 0 Å². The van der Waals surface area contributed by atoms with E-state index in [0.717, 1.165) is 5.65 Å². The first-order valence-electron chi connectivity index (χ1n) is 11.6. The highest BCUT2D eigenvalue weighted by Crippen LogP contribution is 2.29. The van der Waals surface area contributed by atoms with Gasteiger partial charge in [-0.15, -0.1) is 0 Å². The highest BCUT2D eigenvalue weighted by Gasteiger charge is 2.09. The molecule has 4 rings (SSSR count). The van der Waals surface area contributed by atoms with Gasteiger partial charge in [-0.1, -0.05) is 95.0 Å². The molecular formula is C27H34N2. The van der Waals surface area contributed by atoms with Gasteiger partial charge in [-0.25, -0.2) is 4.98 Å². The fourth-order valence-electron chi connectivity index (χ4n) is 4.59. The van der Waals surface area contributed by atoms with Crippen LogP contribution in [-0.2, 0) is 6.42 Å². The second kappa shape index (κ2) is 9.91. The fourth-order valence-corrected chi connectivity index (χ4v) is 4.59. The Morgan fingerprint density at radius 1 is 0.724 bits per heavy atom. The first-order valence-corrected chi connectivity index (χ1v) is 11.6. The number of hydrogen-bond donors (Lipinski definition) is 0. The van der Waals surface area contributed by atoms with Gasteiger partial charge in [0, 0.05) is 23.2 Å². The van der Waals surface area contributed by atoms with Crippen LogP contribution in [0.4, 0.5) is 0 Å². The van der Waals surface area contributed by atoms with E-state index in [1.807, 2.05) is 6.20 Å². The van der Waals surface area contributed by atoms with Crippen molar-refractivity contribution < 1.29 is 0 Å². The van der Waals surface area contributed by atoms with E-state index in [9.17, 15) is 0 Å². The van der Waals surface area contributed by atoms with E-state index >= 15 is 0 Å². The lowest BCUT2D eigenvalue weighted by atomic mass is 10.00. The number of unbranched alkanes of at least 4 members (excludes halogenated alkanes) is 9. The fraction of sp³-hybridized carbons (Fsp3) is 0.444. The number of aromatic nitrogens is 2. The highest BCUT2D eigenvalue weighted by atomic mass is 15.0. The number of fused-ring (bicyclic) bond motifs is 6. The van der Waals surface area contributed by atoms with Crippen molar-refractivity contribution >= 4 is 27.3 Å². The molecule has 0 saturated heterocycles. The summed E-state index contributed by atoms with van der Waals surface area (Å²) < 4.78 is 2.22. The summed E-state index contributed by atoms with van der Waals surface area (Å²) in [4.78, 5) is 4.59. The molecule has 0 fully saturated rings. The summed E-state index contributed by atoms with van der Waals surface area (Å²) in [6, 6.07) is 15.7. The summed E-state index contributed by atoms with van der Waals surface area (Å²) >= 11 is 0. The molecule has 2 aromatic heterocycles. The Morgan fingerprint density at radius 3 is 2.17 bits per heavy atom. The van der Waals surface area contributed by atoms with Crippen molar-refractivity contribution in [2.75, 3.05) is 0 Å². The van der Waals surface area contributed by atoms with Crippen LogP contribution in [0.25, 0.3) is 27.3 Å². The first-order chi connectivity index (χ1) is 14.4. The van der Waals surface area contributed by atoms with Crippen LogP contribution in [0.3, 0.4) is 0 Å². The van der Waals surface area contributed by atoms with Crippen LogP contribution in [0, 0.1) is 0 Å². The molecule has 0 unspecified atom stereocenters. The molecule has 0 aliphatic carbocycles. The zero-order chi connectivity index (χ0) is 19.9. The molecular weight excluding hydrogens is 352 g/mol. The van der Waals surface area contributed by atoms with Crippen molar-refractivity contribution in [2.24, 2.45) is 0 Å². The summed E-state index contributed by atoms with van der Waals surface area (Å²) in [5.41, 5.74) is 3.76. The van der Waals surface area contributed by atoms with Gasteiger partial charge in [0.05, 0.1) is 5.52 Å². The summed E-state index contributed by atoms with van der Waals surface area (Å²) in [6.45, 7) is 2.29. The number of imidazole rings is 1. The van der Waals surface area contributed by atoms with Crippen molar-refractivity contribution in [2.45, 2.75) is 77.6 Å². The first kappa shape index (κ1) is 19.9. The minimum Gasteiger partial charge on any atom is -0.299 e. The van der Waals surface area contributed by atoms with Crippen LogP contribution >= 0.6 is 0 Å². The summed E-state index contributed by atoms with van der Waals surface area (Å²) in [5.74, 6) is 0. The predicted molar refractivity (Wildman–Crippen MR) is 126 cm³/mol. The quantitative estimate of drug-likeness (QED) is 0.188. The van der Waals surface area contributed by atoms with Gasteiger partial charge in [0.1, 0.15) is 5.65 Å². The molecule has 29 heavy (non-hydrogen) atoms. The molecule has 2 heteroatoms. The van der Waals surface area contributed by atoms with Gasteiger partial charge in [-0.3, -0.25) is 4.40 Å². The van der Waals surface area contributed by atoms with Crippen LogP contribution < -0.4 is 0 Å². The van der Waals surface area contributed by atoms with Crippen molar-refractivity contribution in [3.63, 3.8) is 0 Å². The summed E-state index contributed by atoms with van der Waals surface area (Å²) in [5, 5.41) is 3.89. The van der Waals surface area contributed by atoms with Crippen molar-refractivity contribution in [3.8, 4) is 0 Å². The van der Waals surface area contributed by atoms with E-state index in [1.54, 1.807) is 0 Å². The van der Waals surface area contributed by atoms with Gasteiger partial charge in [0.15, 0.2) is 0 Å². The molecule has 2 heterocycles. The van der Waals surface area contributed by atoms with Gasteiger partial charge in [0.25, 0.3) is 0 Å². The summed E-state index contributed by atoms with van der Waals surface area (Å²) in [7, 11) is 0. The average molecular weight is 387 g/mol. The molecule has 0 saturated carbocycles. The van der Waals surface area contributed by atoms with Gasteiger partial charge in [-0.2, -0.15) is 0 Å². The van der Waals surface area contributed by atoms with E-state index in [4.69, 9.17) is 0 Å². The third kappa shape index (κ3) is 4.63. The molecule has 0 spiro atoms. The monoisotopic (exact) mass is 386 g/mol. The number of nitrogens with zero attached hydrogens (tertiary/aromatic N) is 2. The minimum absolute atomic E-state index is 1.05. The molecule has 0 atom stereocenters.